The lowest BCUT2D eigenvalue weighted by atomic mass is 10.1. The van der Waals surface area contributed by atoms with Gasteiger partial charge in [-0.25, -0.2) is 18.4 Å². The molecular formula is C21H20ClF3N6O4S. The van der Waals surface area contributed by atoms with Gasteiger partial charge in [-0.1, -0.05) is 11.6 Å². The van der Waals surface area contributed by atoms with Crippen molar-refractivity contribution in [2.75, 3.05) is 26.3 Å². The number of sulfonamides is 1. The lowest BCUT2D eigenvalue weighted by molar-refractivity contribution is -0.137. The highest BCUT2D eigenvalue weighted by Crippen LogP contribution is 2.32. The zero-order valence-electron chi connectivity index (χ0n) is 18.7. The smallest absolute Gasteiger partial charge is 0.379 e. The highest BCUT2D eigenvalue weighted by Gasteiger charge is 2.32. The molecule has 0 unspecified atom stereocenters. The number of hydrogen-bond acceptors (Lipinski definition) is 7. The quantitative estimate of drug-likeness (QED) is 0.507. The fourth-order valence-corrected chi connectivity index (χ4v) is 5.13. The van der Waals surface area contributed by atoms with Crippen LogP contribution in [0.4, 0.5) is 13.2 Å². The van der Waals surface area contributed by atoms with Gasteiger partial charge < -0.3 is 10.1 Å². The zero-order chi connectivity index (χ0) is 26.1. The van der Waals surface area contributed by atoms with E-state index < -0.39 is 33.7 Å². The Labute approximate surface area is 209 Å². The molecule has 0 spiro atoms. The summed E-state index contributed by atoms with van der Waals surface area (Å²) in [6, 6.07) is 4.57. The van der Waals surface area contributed by atoms with Crippen LogP contribution in [0.2, 0.25) is 5.02 Å². The number of hydrogen-bond donors (Lipinski definition) is 1. The molecule has 1 aliphatic rings. The Morgan fingerprint density at radius 1 is 1.17 bits per heavy atom. The lowest BCUT2D eigenvalue weighted by Gasteiger charge is -2.25. The van der Waals surface area contributed by atoms with Crippen molar-refractivity contribution < 1.29 is 31.1 Å². The number of rotatable bonds is 6. The summed E-state index contributed by atoms with van der Waals surface area (Å²) in [6.07, 6.45) is -2.27. The Bertz CT molecular complexity index is 1360. The predicted octanol–water partition coefficient (Wildman–Crippen LogP) is 2.85. The molecule has 0 radical (unpaired) electrons. The maximum Gasteiger partial charge on any atom is 0.416 e. The fourth-order valence-electron chi connectivity index (χ4n) is 3.54. The van der Waals surface area contributed by atoms with Gasteiger partial charge in [0.25, 0.3) is 5.91 Å². The highest BCUT2D eigenvalue weighted by molar-refractivity contribution is 7.89. The largest absolute Gasteiger partial charge is 0.416 e. The normalized spacial score (nSPS) is 16.0. The topological polar surface area (TPSA) is 119 Å². The second-order valence-electron chi connectivity index (χ2n) is 7.82. The van der Waals surface area contributed by atoms with E-state index in [4.69, 9.17) is 16.3 Å². The van der Waals surface area contributed by atoms with Gasteiger partial charge in [0.15, 0.2) is 11.6 Å². The van der Waals surface area contributed by atoms with E-state index in [-0.39, 0.29) is 40.2 Å². The highest BCUT2D eigenvalue weighted by atomic mass is 35.5. The van der Waals surface area contributed by atoms with Gasteiger partial charge in [-0.15, -0.1) is 0 Å². The molecule has 0 aliphatic carbocycles. The minimum Gasteiger partial charge on any atom is -0.379 e. The Kier molecular flexibility index (Phi) is 7.31. The summed E-state index contributed by atoms with van der Waals surface area (Å²) in [4.78, 5) is 20.9. The minimum absolute atomic E-state index is 0.00223. The van der Waals surface area contributed by atoms with Gasteiger partial charge in [-0.2, -0.15) is 27.3 Å². The third-order valence-electron chi connectivity index (χ3n) is 5.34. The van der Waals surface area contributed by atoms with Crippen LogP contribution >= 0.6 is 11.6 Å². The molecule has 36 heavy (non-hydrogen) atoms. The average molecular weight is 545 g/mol. The zero-order valence-corrected chi connectivity index (χ0v) is 20.3. The molecule has 1 atom stereocenters. The number of morpholine rings is 1. The van der Waals surface area contributed by atoms with Crippen LogP contribution in [0.25, 0.3) is 5.82 Å². The van der Waals surface area contributed by atoms with Crippen molar-refractivity contribution in [3.63, 3.8) is 0 Å². The van der Waals surface area contributed by atoms with Gasteiger partial charge in [0, 0.05) is 29.9 Å². The van der Waals surface area contributed by atoms with E-state index in [1.54, 1.807) is 6.92 Å². The van der Waals surface area contributed by atoms with E-state index in [0.29, 0.717) is 19.3 Å². The summed E-state index contributed by atoms with van der Waals surface area (Å²) < 4.78 is 72.6. The van der Waals surface area contributed by atoms with Crippen molar-refractivity contribution in [3.8, 4) is 5.82 Å². The van der Waals surface area contributed by atoms with Gasteiger partial charge in [0.2, 0.25) is 10.0 Å². The molecule has 0 saturated carbocycles. The molecule has 1 fully saturated rings. The molecule has 15 heteroatoms. The van der Waals surface area contributed by atoms with Gasteiger partial charge in [0.05, 0.1) is 24.8 Å². The van der Waals surface area contributed by atoms with E-state index in [0.717, 1.165) is 12.1 Å². The first-order chi connectivity index (χ1) is 17.0. The van der Waals surface area contributed by atoms with E-state index in [1.807, 2.05) is 0 Å². The molecule has 1 aliphatic heterocycles. The van der Waals surface area contributed by atoms with Crippen LogP contribution in [-0.4, -0.2) is 64.7 Å². The second-order valence-corrected chi connectivity index (χ2v) is 10.2. The molecule has 2 aromatic heterocycles. The number of halogens is 4. The van der Waals surface area contributed by atoms with Gasteiger partial charge in [-0.05, 0) is 37.3 Å². The number of alkyl halides is 3. The van der Waals surface area contributed by atoms with Crippen LogP contribution in [0.5, 0.6) is 0 Å². The number of nitrogens with one attached hydrogen (secondary N) is 1. The molecular weight excluding hydrogens is 525 g/mol. The summed E-state index contributed by atoms with van der Waals surface area (Å²) in [5, 5.41) is 6.40. The molecule has 4 rings (SSSR count). The van der Waals surface area contributed by atoms with Crippen molar-refractivity contribution >= 4 is 27.5 Å². The van der Waals surface area contributed by atoms with Crippen molar-refractivity contribution in [1.82, 2.24) is 29.4 Å². The Morgan fingerprint density at radius 3 is 2.53 bits per heavy atom. The molecule has 1 aromatic carbocycles. The second kappa shape index (κ2) is 10.1. The Balaban J connectivity index is 1.53. The van der Waals surface area contributed by atoms with Crippen molar-refractivity contribution in [3.05, 3.63) is 64.8 Å². The van der Waals surface area contributed by atoms with Crippen molar-refractivity contribution in [2.45, 2.75) is 24.0 Å². The molecule has 1 saturated heterocycles. The number of benzene rings is 1. The predicted molar refractivity (Wildman–Crippen MR) is 121 cm³/mol. The minimum atomic E-state index is -4.67. The number of nitrogens with zero attached hydrogens (tertiary/aromatic N) is 5. The van der Waals surface area contributed by atoms with E-state index >= 15 is 0 Å². The number of carbonyl (C=O) groups excluding carboxylic acids is 1. The van der Waals surface area contributed by atoms with Crippen LogP contribution in [-0.2, 0) is 20.9 Å². The first-order valence-electron chi connectivity index (χ1n) is 10.6. The van der Waals surface area contributed by atoms with Crippen LogP contribution in [0.3, 0.4) is 0 Å². The van der Waals surface area contributed by atoms with Gasteiger partial charge in [-0.3, -0.25) is 4.79 Å². The maximum atomic E-state index is 13.1. The van der Waals surface area contributed by atoms with Gasteiger partial charge >= 0.3 is 6.18 Å². The van der Waals surface area contributed by atoms with Crippen LogP contribution in [0, 0.1) is 0 Å². The lowest BCUT2D eigenvalue weighted by Crippen LogP contribution is -2.40. The Morgan fingerprint density at radius 2 is 1.89 bits per heavy atom. The molecule has 1 amide bonds. The monoisotopic (exact) mass is 544 g/mol. The summed E-state index contributed by atoms with van der Waals surface area (Å²) in [7, 11) is -3.74. The van der Waals surface area contributed by atoms with Crippen LogP contribution < -0.4 is 5.32 Å². The van der Waals surface area contributed by atoms with E-state index in [1.165, 1.54) is 33.6 Å². The number of aromatic nitrogens is 4. The summed E-state index contributed by atoms with van der Waals surface area (Å²) in [5.74, 6) is -0.352. The van der Waals surface area contributed by atoms with Crippen LogP contribution in [0.15, 0.2) is 47.8 Å². The maximum absolute atomic E-state index is 13.1. The van der Waals surface area contributed by atoms with Crippen LogP contribution in [0.1, 0.15) is 34.7 Å². The Hall–Kier alpha value is -3.07. The molecule has 3 aromatic rings. The first kappa shape index (κ1) is 26.0. The molecule has 1 N–H and O–H groups in total. The van der Waals surface area contributed by atoms with Crippen molar-refractivity contribution in [1.29, 1.82) is 0 Å². The first-order valence-corrected chi connectivity index (χ1v) is 12.4. The summed E-state index contributed by atoms with van der Waals surface area (Å²) >= 11 is 5.77. The third-order valence-corrected chi connectivity index (χ3v) is 7.44. The summed E-state index contributed by atoms with van der Waals surface area (Å²) in [6.45, 7) is 2.66. The number of pyridine rings is 1. The standard InChI is InChI=1S/C21H20ClF3N6O4S/c1-13(29-20(32)14-8-15(21(23,24)25)10-16(22)9-14)19-27-12-28-31(19)18-3-2-17(11-26-18)36(33,34)30-4-6-35-7-5-30/h2-3,8-13H,4-7H2,1H3,(H,29,32)/t13-/m0/s1. The van der Waals surface area contributed by atoms with Gasteiger partial charge in [0.1, 0.15) is 11.2 Å². The summed E-state index contributed by atoms with van der Waals surface area (Å²) in [5.41, 5.74) is -1.32. The van der Waals surface area contributed by atoms with Crippen molar-refractivity contribution in [2.24, 2.45) is 0 Å². The molecule has 10 nitrogen and oxygen atoms in total. The molecule has 192 valence electrons. The SMILES string of the molecule is C[C@H](NC(=O)c1cc(Cl)cc(C(F)(F)F)c1)c1ncnn1-c1ccc(S(=O)(=O)N2CCOCC2)cn1. The fraction of sp³-hybridized carbons (Fsp3) is 0.333. The third kappa shape index (κ3) is 5.51. The average Bonchev–Trinajstić information content (AvgIpc) is 3.34. The van der Waals surface area contributed by atoms with E-state index in [9.17, 15) is 26.4 Å². The molecule has 3 heterocycles. The number of amides is 1. The van der Waals surface area contributed by atoms with E-state index in [2.05, 4.69) is 20.4 Å². The molecule has 0 bridgehead atoms. The number of ether oxygens (including phenoxy) is 1. The number of carbonyl (C=O) groups is 1.